The van der Waals surface area contributed by atoms with Crippen molar-refractivity contribution in [3.8, 4) is 22.8 Å². The fourth-order valence-electron chi connectivity index (χ4n) is 2.97. The van der Waals surface area contributed by atoms with E-state index in [-0.39, 0.29) is 12.4 Å². The highest BCUT2D eigenvalue weighted by Gasteiger charge is 2.19. The number of furan rings is 1. The number of hydrogen-bond donors (Lipinski definition) is 2. The first-order valence-corrected chi connectivity index (χ1v) is 10.8. The maximum Gasteiger partial charge on any atom is 0.292 e. The fourth-order valence-corrected chi connectivity index (χ4v) is 3.87. The molecule has 0 aliphatic rings. The van der Waals surface area contributed by atoms with E-state index in [0.29, 0.717) is 27.3 Å². The number of nitrogens with zero attached hydrogens (tertiary/aromatic N) is 1. The Bertz CT molecular complexity index is 1250. The lowest BCUT2D eigenvalue weighted by Crippen LogP contribution is -2.20. The van der Waals surface area contributed by atoms with Crippen molar-refractivity contribution in [2.24, 2.45) is 0 Å². The molecule has 0 atom stereocenters. The number of para-hydroxylation sites is 2. The number of benzene rings is 2. The van der Waals surface area contributed by atoms with E-state index >= 15 is 0 Å². The van der Waals surface area contributed by atoms with Gasteiger partial charge in [-0.05, 0) is 31.2 Å². The molecule has 4 aromatic rings. The molecule has 0 radical (unpaired) electrons. The lowest BCUT2D eigenvalue weighted by molar-refractivity contribution is -0.118. The van der Waals surface area contributed by atoms with Crippen LogP contribution in [0.1, 0.15) is 16.1 Å². The lowest BCUT2D eigenvalue weighted by atomic mass is 10.1. The number of carbonyl (C=O) groups is 2. The van der Waals surface area contributed by atoms with Crippen molar-refractivity contribution in [3.63, 3.8) is 0 Å². The Kier molecular flexibility index (Phi) is 6.70. The van der Waals surface area contributed by atoms with E-state index in [2.05, 4.69) is 15.6 Å². The predicted molar refractivity (Wildman–Crippen MR) is 126 cm³/mol. The smallest absolute Gasteiger partial charge is 0.292 e. The lowest BCUT2D eigenvalue weighted by Gasteiger charge is -2.09. The number of amides is 2. The Morgan fingerprint density at radius 2 is 1.76 bits per heavy atom. The van der Waals surface area contributed by atoms with E-state index in [4.69, 9.17) is 13.9 Å². The molecule has 2 N–H and O–H groups in total. The van der Waals surface area contributed by atoms with Crippen molar-refractivity contribution in [1.82, 2.24) is 4.98 Å². The van der Waals surface area contributed by atoms with Crippen LogP contribution < -0.4 is 20.1 Å². The van der Waals surface area contributed by atoms with Crippen LogP contribution in [0.4, 0.5) is 10.1 Å². The van der Waals surface area contributed by atoms with Crippen molar-refractivity contribution in [2.45, 2.75) is 6.92 Å². The van der Waals surface area contributed by atoms with E-state index < -0.39 is 11.8 Å². The van der Waals surface area contributed by atoms with Crippen LogP contribution in [0, 0.1) is 6.92 Å². The minimum atomic E-state index is -0.408. The van der Waals surface area contributed by atoms with Gasteiger partial charge in [0.05, 0.1) is 13.4 Å². The fraction of sp³-hybridized carbons (Fsp3) is 0.125. The monoisotopic (exact) mass is 463 g/mol. The Hall–Kier alpha value is -4.11. The predicted octanol–water partition coefficient (Wildman–Crippen LogP) is 4.99. The van der Waals surface area contributed by atoms with Crippen molar-refractivity contribution >= 4 is 33.3 Å². The quantitative estimate of drug-likeness (QED) is 0.382. The summed E-state index contributed by atoms with van der Waals surface area (Å²) in [6.07, 6.45) is 1.43. The summed E-state index contributed by atoms with van der Waals surface area (Å²) in [4.78, 5) is 29.5. The third-order valence-electron chi connectivity index (χ3n) is 4.60. The Morgan fingerprint density at radius 1 is 1.00 bits per heavy atom. The highest BCUT2D eigenvalue weighted by molar-refractivity contribution is 7.20. The Labute approximate surface area is 194 Å². The largest absolute Gasteiger partial charge is 0.493 e. The topological polar surface area (TPSA) is 103 Å². The second-order valence-corrected chi connectivity index (χ2v) is 7.98. The standard InChI is InChI=1S/C24H21N3O5S/c1-15-9-11-16(12-10-15)21-23(27-22(29)19-8-5-13-31-19)33-24(26-21)25-20(28)14-32-18-7-4-3-6-17(18)30-2/h3-13H,14H2,1-2H3,(H,27,29)(H,25,26,28). The van der Waals surface area contributed by atoms with E-state index in [1.165, 1.54) is 13.4 Å². The Balaban J connectivity index is 1.52. The second-order valence-electron chi connectivity index (χ2n) is 6.98. The first kappa shape index (κ1) is 22.1. The summed E-state index contributed by atoms with van der Waals surface area (Å²) in [6.45, 7) is 1.76. The van der Waals surface area contributed by atoms with E-state index in [1.807, 2.05) is 37.3 Å². The summed E-state index contributed by atoms with van der Waals surface area (Å²) in [7, 11) is 1.53. The van der Waals surface area contributed by atoms with Crippen molar-refractivity contribution in [1.29, 1.82) is 0 Å². The molecule has 0 saturated carbocycles. The molecule has 0 bridgehead atoms. The zero-order chi connectivity index (χ0) is 23.2. The van der Waals surface area contributed by atoms with Gasteiger partial charge in [-0.15, -0.1) is 0 Å². The van der Waals surface area contributed by atoms with Crippen LogP contribution in [0.3, 0.4) is 0 Å². The van der Waals surface area contributed by atoms with Crippen molar-refractivity contribution in [2.75, 3.05) is 24.4 Å². The molecule has 2 aromatic carbocycles. The molecule has 0 fully saturated rings. The molecule has 0 aliphatic carbocycles. The minimum Gasteiger partial charge on any atom is -0.493 e. The number of thiazole rings is 1. The van der Waals surface area contributed by atoms with Gasteiger partial charge >= 0.3 is 0 Å². The first-order valence-electron chi connectivity index (χ1n) is 10.0. The van der Waals surface area contributed by atoms with Crippen molar-refractivity contribution in [3.05, 3.63) is 78.3 Å². The number of ether oxygens (including phenoxy) is 2. The maximum atomic E-state index is 12.5. The molecule has 33 heavy (non-hydrogen) atoms. The van der Waals surface area contributed by atoms with Gasteiger partial charge in [-0.1, -0.05) is 53.3 Å². The van der Waals surface area contributed by atoms with Crippen LogP contribution in [-0.2, 0) is 4.79 Å². The van der Waals surface area contributed by atoms with Gasteiger partial charge in [0.15, 0.2) is 29.0 Å². The molecule has 2 aromatic heterocycles. The molecule has 0 unspecified atom stereocenters. The molecule has 4 rings (SSSR count). The number of methoxy groups -OCH3 is 1. The van der Waals surface area contributed by atoms with Crippen LogP contribution in [-0.4, -0.2) is 30.5 Å². The van der Waals surface area contributed by atoms with Gasteiger partial charge in [-0.25, -0.2) is 4.98 Å². The normalized spacial score (nSPS) is 10.5. The molecule has 2 amide bonds. The summed E-state index contributed by atoms with van der Waals surface area (Å²) in [5.74, 6) is 0.364. The van der Waals surface area contributed by atoms with Gasteiger partial charge in [-0.2, -0.15) is 0 Å². The SMILES string of the molecule is COc1ccccc1OCC(=O)Nc1nc(-c2ccc(C)cc2)c(NC(=O)c2ccco2)s1. The molecule has 168 valence electrons. The number of aryl methyl sites for hydroxylation is 1. The molecule has 8 nitrogen and oxygen atoms in total. The molecular weight excluding hydrogens is 442 g/mol. The molecule has 9 heteroatoms. The average Bonchev–Trinajstić information content (AvgIpc) is 3.49. The van der Waals surface area contributed by atoms with Crippen LogP contribution in [0.15, 0.2) is 71.3 Å². The molecule has 0 spiro atoms. The summed E-state index contributed by atoms with van der Waals surface area (Å²) in [5, 5.41) is 6.36. The number of rotatable bonds is 8. The van der Waals surface area contributed by atoms with Crippen LogP contribution in [0.2, 0.25) is 0 Å². The zero-order valence-corrected chi connectivity index (χ0v) is 18.8. The van der Waals surface area contributed by atoms with E-state index in [9.17, 15) is 9.59 Å². The summed E-state index contributed by atoms with van der Waals surface area (Å²) < 4.78 is 16.0. The summed E-state index contributed by atoms with van der Waals surface area (Å²) >= 11 is 1.14. The molecule has 0 saturated heterocycles. The van der Waals surface area contributed by atoms with Crippen molar-refractivity contribution < 1.29 is 23.5 Å². The average molecular weight is 464 g/mol. The van der Waals surface area contributed by atoms with Gasteiger partial charge in [0.1, 0.15) is 10.7 Å². The maximum absolute atomic E-state index is 12.5. The molecule has 0 aliphatic heterocycles. The van der Waals surface area contributed by atoms with Gasteiger partial charge in [0.25, 0.3) is 11.8 Å². The van der Waals surface area contributed by atoms with Gasteiger partial charge in [0, 0.05) is 5.56 Å². The number of carbonyl (C=O) groups excluding carboxylic acids is 2. The number of anilines is 2. The first-order chi connectivity index (χ1) is 16.0. The summed E-state index contributed by atoms with van der Waals surface area (Å²) in [6, 6.07) is 18.0. The van der Waals surface area contributed by atoms with Gasteiger partial charge in [0.2, 0.25) is 0 Å². The van der Waals surface area contributed by atoms with Crippen LogP contribution >= 0.6 is 11.3 Å². The van der Waals surface area contributed by atoms with Gasteiger partial charge < -0.3 is 19.2 Å². The van der Waals surface area contributed by atoms with E-state index in [1.54, 1.807) is 30.3 Å². The number of hydrogen-bond acceptors (Lipinski definition) is 7. The zero-order valence-electron chi connectivity index (χ0n) is 18.0. The number of nitrogens with one attached hydrogen (secondary N) is 2. The summed E-state index contributed by atoms with van der Waals surface area (Å²) in [5.41, 5.74) is 2.44. The van der Waals surface area contributed by atoms with Gasteiger partial charge in [-0.3, -0.25) is 14.9 Å². The highest BCUT2D eigenvalue weighted by Crippen LogP contribution is 2.36. The van der Waals surface area contributed by atoms with Crippen LogP contribution in [0.25, 0.3) is 11.3 Å². The highest BCUT2D eigenvalue weighted by atomic mass is 32.1. The second kappa shape index (κ2) is 10.0. The minimum absolute atomic E-state index is 0.175. The van der Waals surface area contributed by atoms with E-state index in [0.717, 1.165) is 22.5 Å². The van der Waals surface area contributed by atoms with Crippen LogP contribution in [0.5, 0.6) is 11.5 Å². The number of aromatic nitrogens is 1. The third kappa shape index (κ3) is 5.39. The Morgan fingerprint density at radius 3 is 2.45 bits per heavy atom. The molecular formula is C24H21N3O5S. The third-order valence-corrected chi connectivity index (χ3v) is 5.48. The molecule has 2 heterocycles.